The summed E-state index contributed by atoms with van der Waals surface area (Å²) in [6.07, 6.45) is 0. The highest BCUT2D eigenvalue weighted by Crippen LogP contribution is 2.29. The summed E-state index contributed by atoms with van der Waals surface area (Å²) in [4.78, 5) is 5.57. The van der Waals surface area contributed by atoms with Gasteiger partial charge in [0, 0.05) is 16.7 Å². The van der Waals surface area contributed by atoms with E-state index in [1.165, 1.54) is 39.9 Å². The molecular weight excluding hydrogens is 377 g/mol. The SMILES string of the molecule is Nn1c(SCc2csc(-c3ccc(F)cc3)n2)nnc1-c1cccs1. The van der Waals surface area contributed by atoms with Crippen LogP contribution >= 0.6 is 34.4 Å². The third-order valence-electron chi connectivity index (χ3n) is 3.40. The van der Waals surface area contributed by atoms with Gasteiger partial charge in [-0.3, -0.25) is 0 Å². The molecule has 3 heterocycles. The van der Waals surface area contributed by atoms with Gasteiger partial charge in [0.1, 0.15) is 10.8 Å². The maximum absolute atomic E-state index is 13.0. The van der Waals surface area contributed by atoms with Crippen molar-refractivity contribution in [2.24, 2.45) is 0 Å². The minimum atomic E-state index is -0.250. The first kappa shape index (κ1) is 16.2. The lowest BCUT2D eigenvalue weighted by Gasteiger charge is -2.01. The van der Waals surface area contributed by atoms with Gasteiger partial charge in [0.15, 0.2) is 5.82 Å². The molecule has 0 aliphatic heterocycles. The van der Waals surface area contributed by atoms with Gasteiger partial charge in [-0.15, -0.1) is 32.9 Å². The molecule has 0 spiro atoms. The van der Waals surface area contributed by atoms with E-state index in [9.17, 15) is 4.39 Å². The maximum atomic E-state index is 13.0. The topological polar surface area (TPSA) is 69.6 Å². The zero-order chi connectivity index (χ0) is 17.2. The van der Waals surface area contributed by atoms with E-state index in [1.54, 1.807) is 23.5 Å². The maximum Gasteiger partial charge on any atom is 0.210 e. The van der Waals surface area contributed by atoms with Gasteiger partial charge in [-0.05, 0) is 35.7 Å². The molecule has 1 aromatic carbocycles. The Morgan fingerprint density at radius 3 is 2.72 bits per heavy atom. The molecule has 4 rings (SSSR count). The Balaban J connectivity index is 1.46. The Labute approximate surface area is 155 Å². The van der Waals surface area contributed by atoms with Crippen molar-refractivity contribution in [3.05, 3.63) is 58.7 Å². The number of rotatable bonds is 5. The highest BCUT2D eigenvalue weighted by molar-refractivity contribution is 7.98. The smallest absolute Gasteiger partial charge is 0.210 e. The molecule has 0 aliphatic rings. The van der Waals surface area contributed by atoms with Crippen molar-refractivity contribution in [1.82, 2.24) is 19.9 Å². The molecule has 0 bridgehead atoms. The highest BCUT2D eigenvalue weighted by atomic mass is 32.2. The van der Waals surface area contributed by atoms with Crippen molar-refractivity contribution in [2.45, 2.75) is 10.9 Å². The summed E-state index contributed by atoms with van der Waals surface area (Å²) >= 11 is 4.58. The van der Waals surface area contributed by atoms with Crippen LogP contribution in [0.3, 0.4) is 0 Å². The Morgan fingerprint density at radius 1 is 1.12 bits per heavy atom. The molecule has 0 saturated carbocycles. The summed E-state index contributed by atoms with van der Waals surface area (Å²) in [6.45, 7) is 0. The number of hydrogen-bond acceptors (Lipinski definition) is 7. The normalized spacial score (nSPS) is 11.1. The van der Waals surface area contributed by atoms with Crippen molar-refractivity contribution < 1.29 is 4.39 Å². The summed E-state index contributed by atoms with van der Waals surface area (Å²) in [6, 6.07) is 10.3. The molecule has 126 valence electrons. The molecular formula is C16H12FN5S3. The molecule has 9 heteroatoms. The second-order valence-corrected chi connectivity index (χ2v) is 7.84. The Morgan fingerprint density at radius 2 is 1.96 bits per heavy atom. The lowest BCUT2D eigenvalue weighted by Crippen LogP contribution is -2.11. The number of thiazole rings is 1. The quantitative estimate of drug-likeness (QED) is 0.408. The monoisotopic (exact) mass is 389 g/mol. The van der Waals surface area contributed by atoms with Crippen LogP contribution in [0.5, 0.6) is 0 Å². The first-order valence-corrected chi connectivity index (χ1v) is 10.0. The zero-order valence-corrected chi connectivity index (χ0v) is 15.2. The van der Waals surface area contributed by atoms with E-state index in [4.69, 9.17) is 5.84 Å². The fraction of sp³-hybridized carbons (Fsp3) is 0.0625. The number of hydrogen-bond donors (Lipinski definition) is 1. The molecule has 3 aromatic heterocycles. The molecule has 0 aliphatic carbocycles. The van der Waals surface area contributed by atoms with Crippen LogP contribution < -0.4 is 5.84 Å². The average molecular weight is 390 g/mol. The first-order chi connectivity index (χ1) is 12.2. The number of nitrogens with two attached hydrogens (primary N) is 1. The van der Waals surface area contributed by atoms with E-state index < -0.39 is 0 Å². The van der Waals surface area contributed by atoms with Crippen LogP contribution in [0.15, 0.2) is 52.3 Å². The fourth-order valence-electron chi connectivity index (χ4n) is 2.19. The van der Waals surface area contributed by atoms with Gasteiger partial charge < -0.3 is 5.84 Å². The minimum Gasteiger partial charge on any atom is -0.335 e. The minimum absolute atomic E-state index is 0.250. The number of thiophene rings is 1. The Bertz CT molecular complexity index is 976. The van der Waals surface area contributed by atoms with E-state index in [-0.39, 0.29) is 5.82 Å². The van der Waals surface area contributed by atoms with Crippen molar-refractivity contribution >= 4 is 34.4 Å². The number of aromatic nitrogens is 4. The van der Waals surface area contributed by atoms with Gasteiger partial charge in [-0.1, -0.05) is 17.8 Å². The lowest BCUT2D eigenvalue weighted by atomic mass is 10.2. The van der Waals surface area contributed by atoms with Gasteiger partial charge in [0.05, 0.1) is 10.6 Å². The van der Waals surface area contributed by atoms with E-state index in [1.807, 2.05) is 22.9 Å². The van der Waals surface area contributed by atoms with Gasteiger partial charge in [0.2, 0.25) is 5.16 Å². The van der Waals surface area contributed by atoms with Gasteiger partial charge in [-0.25, -0.2) is 14.1 Å². The van der Waals surface area contributed by atoms with Crippen LogP contribution in [0.2, 0.25) is 0 Å². The van der Waals surface area contributed by atoms with Crippen LogP contribution in [0.1, 0.15) is 5.69 Å². The number of thioether (sulfide) groups is 1. The summed E-state index contributed by atoms with van der Waals surface area (Å²) in [5, 5.41) is 13.8. The molecule has 5 nitrogen and oxygen atoms in total. The fourth-order valence-corrected chi connectivity index (χ4v) is 4.57. The van der Waals surface area contributed by atoms with E-state index >= 15 is 0 Å². The molecule has 0 saturated heterocycles. The predicted molar refractivity (Wildman–Crippen MR) is 101 cm³/mol. The lowest BCUT2D eigenvalue weighted by molar-refractivity contribution is 0.628. The number of benzene rings is 1. The second-order valence-electron chi connectivity index (χ2n) is 5.09. The third kappa shape index (κ3) is 3.44. The van der Waals surface area contributed by atoms with Crippen LogP contribution in [0.4, 0.5) is 4.39 Å². The van der Waals surface area contributed by atoms with Crippen molar-refractivity contribution in [2.75, 3.05) is 5.84 Å². The van der Waals surface area contributed by atoms with Crippen LogP contribution in [-0.2, 0) is 5.75 Å². The third-order valence-corrected chi connectivity index (χ3v) is 6.18. The van der Waals surface area contributed by atoms with Crippen LogP contribution in [0.25, 0.3) is 21.3 Å². The first-order valence-electron chi connectivity index (χ1n) is 7.28. The molecule has 0 unspecified atom stereocenters. The molecule has 25 heavy (non-hydrogen) atoms. The van der Waals surface area contributed by atoms with Crippen molar-refractivity contribution in [3.8, 4) is 21.3 Å². The van der Waals surface area contributed by atoms with Gasteiger partial charge >= 0.3 is 0 Å². The van der Waals surface area contributed by atoms with E-state index in [0.717, 1.165) is 21.1 Å². The van der Waals surface area contributed by atoms with Crippen LogP contribution in [0, 0.1) is 5.82 Å². The summed E-state index contributed by atoms with van der Waals surface area (Å²) in [5.41, 5.74) is 1.83. The summed E-state index contributed by atoms with van der Waals surface area (Å²) < 4.78 is 14.5. The standard InChI is InChI=1S/C16H12FN5S3/c17-11-5-3-10(4-6-11)15-19-12(8-24-15)9-25-16-21-20-14(22(16)18)13-2-1-7-23-13/h1-8H,9,18H2. The zero-order valence-electron chi connectivity index (χ0n) is 12.8. The predicted octanol–water partition coefficient (Wildman–Crippen LogP) is 4.28. The molecule has 0 fully saturated rings. The molecule has 2 N–H and O–H groups in total. The van der Waals surface area contributed by atoms with E-state index in [0.29, 0.717) is 16.7 Å². The number of nitrogens with zero attached hydrogens (tertiary/aromatic N) is 4. The van der Waals surface area contributed by atoms with Crippen molar-refractivity contribution in [1.29, 1.82) is 0 Å². The molecule has 0 radical (unpaired) electrons. The average Bonchev–Trinajstić information content (AvgIpc) is 3.34. The second kappa shape index (κ2) is 6.95. The van der Waals surface area contributed by atoms with Crippen molar-refractivity contribution in [3.63, 3.8) is 0 Å². The highest BCUT2D eigenvalue weighted by Gasteiger charge is 2.14. The summed E-state index contributed by atoms with van der Waals surface area (Å²) in [5.74, 6) is 7.13. The number of nitrogen functional groups attached to an aromatic ring is 1. The van der Waals surface area contributed by atoms with Gasteiger partial charge in [0.25, 0.3) is 0 Å². The summed E-state index contributed by atoms with van der Waals surface area (Å²) in [7, 11) is 0. The Hall–Kier alpha value is -2.23. The molecule has 4 aromatic rings. The number of halogens is 1. The Kier molecular flexibility index (Phi) is 4.51. The largest absolute Gasteiger partial charge is 0.335 e. The van der Waals surface area contributed by atoms with E-state index in [2.05, 4.69) is 15.2 Å². The molecule has 0 atom stereocenters. The van der Waals surface area contributed by atoms with Crippen LogP contribution in [-0.4, -0.2) is 19.9 Å². The molecule has 0 amide bonds. The van der Waals surface area contributed by atoms with Gasteiger partial charge in [-0.2, -0.15) is 0 Å².